The van der Waals surface area contributed by atoms with E-state index >= 15 is 0 Å². The van der Waals surface area contributed by atoms with Gasteiger partial charge in [-0.1, -0.05) is 12.1 Å². The summed E-state index contributed by atoms with van der Waals surface area (Å²) in [7, 11) is -3.70. The van der Waals surface area contributed by atoms with Gasteiger partial charge >= 0.3 is 16.2 Å². The lowest BCUT2D eigenvalue weighted by Crippen LogP contribution is -2.37. The number of carboxylic acids is 1. The molecular weight excluding hydrogens is 452 g/mol. The Bertz CT molecular complexity index is 1260. The van der Waals surface area contributed by atoms with Gasteiger partial charge in [-0.3, -0.25) is 9.52 Å². The Morgan fingerprint density at radius 2 is 1.85 bits per heavy atom. The number of fused-ring (bicyclic) bond motifs is 1. The number of ether oxygens (including phenoxy) is 1. The monoisotopic (exact) mass is 486 g/mol. The van der Waals surface area contributed by atoms with Crippen molar-refractivity contribution in [2.24, 2.45) is 0 Å². The van der Waals surface area contributed by atoms with Crippen molar-refractivity contribution in [3.63, 3.8) is 0 Å². The van der Waals surface area contributed by atoms with Gasteiger partial charge in [0.25, 0.3) is 0 Å². The van der Waals surface area contributed by atoms with Gasteiger partial charge in [0.05, 0.1) is 12.1 Å². The SMILES string of the molecule is Cc1ccc(-c2c(C)c3c(c(C)c2CC(=O)O)NS(=O)(=O)N(C2CC2)CC3)c(OC(C)(C)C)c1. The van der Waals surface area contributed by atoms with E-state index in [0.717, 1.165) is 40.7 Å². The largest absolute Gasteiger partial charge is 0.488 e. The van der Waals surface area contributed by atoms with E-state index in [1.54, 1.807) is 4.31 Å². The van der Waals surface area contributed by atoms with E-state index < -0.39 is 21.8 Å². The summed E-state index contributed by atoms with van der Waals surface area (Å²) in [5.41, 5.74) is 5.82. The molecule has 34 heavy (non-hydrogen) atoms. The number of aryl methyl sites for hydroxylation is 1. The predicted octanol–water partition coefficient (Wildman–Crippen LogP) is 4.76. The van der Waals surface area contributed by atoms with E-state index in [1.165, 1.54) is 0 Å². The molecule has 2 aromatic rings. The number of hydrogen-bond donors (Lipinski definition) is 2. The van der Waals surface area contributed by atoms with Gasteiger partial charge < -0.3 is 9.84 Å². The Hall–Kier alpha value is -2.58. The van der Waals surface area contributed by atoms with Crippen LogP contribution in [0, 0.1) is 20.8 Å². The van der Waals surface area contributed by atoms with Crippen molar-refractivity contribution in [3.05, 3.63) is 46.0 Å². The summed E-state index contributed by atoms with van der Waals surface area (Å²) in [6, 6.07) is 6.00. The first kappa shape index (κ1) is 24.5. The minimum absolute atomic E-state index is 0.0503. The standard InChI is InChI=1S/C26H34N2O5S/c1-15-7-10-20(22(13-15)33-26(4,5)6)24-16(2)19-11-12-28(18-8-9-18)34(31,32)27-25(19)17(3)21(24)14-23(29)30/h7,10,13,18,27H,8-9,11-12,14H2,1-6H3,(H,29,30). The number of anilines is 1. The number of carboxylic acid groups (broad SMARTS) is 1. The third-order valence-electron chi connectivity index (χ3n) is 6.49. The Labute approximate surface area is 202 Å². The molecule has 2 aliphatic rings. The molecule has 1 saturated carbocycles. The number of rotatable bonds is 5. The van der Waals surface area contributed by atoms with Crippen molar-refractivity contribution in [2.75, 3.05) is 11.3 Å². The topological polar surface area (TPSA) is 95.9 Å². The van der Waals surface area contributed by atoms with E-state index in [2.05, 4.69) is 4.72 Å². The summed E-state index contributed by atoms with van der Waals surface area (Å²) < 4.78 is 36.9. The van der Waals surface area contributed by atoms with Gasteiger partial charge in [-0.05, 0) is 100 Å². The third kappa shape index (κ3) is 4.79. The molecule has 0 saturated heterocycles. The zero-order chi connectivity index (χ0) is 25.0. The van der Waals surface area contributed by atoms with Gasteiger partial charge in [0.2, 0.25) is 0 Å². The van der Waals surface area contributed by atoms with E-state index in [-0.39, 0.29) is 12.5 Å². The highest BCUT2D eigenvalue weighted by atomic mass is 32.2. The summed E-state index contributed by atoms with van der Waals surface area (Å²) in [6.07, 6.45) is 2.10. The molecule has 2 aromatic carbocycles. The quantitative estimate of drug-likeness (QED) is 0.635. The van der Waals surface area contributed by atoms with Crippen LogP contribution in [-0.4, -0.2) is 42.0 Å². The molecule has 1 fully saturated rings. The normalized spacial score (nSPS) is 18.1. The molecule has 1 heterocycles. The number of nitrogens with one attached hydrogen (secondary N) is 1. The summed E-state index contributed by atoms with van der Waals surface area (Å²) in [5, 5.41) is 9.76. The maximum Gasteiger partial charge on any atom is 0.307 e. The number of nitrogens with zero attached hydrogens (tertiary/aromatic N) is 1. The van der Waals surface area contributed by atoms with Crippen LogP contribution in [-0.2, 0) is 27.8 Å². The van der Waals surface area contributed by atoms with E-state index in [4.69, 9.17) is 4.74 Å². The highest BCUT2D eigenvalue weighted by Gasteiger charge is 2.40. The third-order valence-corrected chi connectivity index (χ3v) is 8.05. The molecule has 2 N–H and O–H groups in total. The predicted molar refractivity (Wildman–Crippen MR) is 134 cm³/mol. The molecule has 0 radical (unpaired) electrons. The Morgan fingerprint density at radius 3 is 2.44 bits per heavy atom. The maximum absolute atomic E-state index is 13.1. The fourth-order valence-corrected chi connectivity index (χ4v) is 6.42. The van der Waals surface area contributed by atoms with Crippen LogP contribution in [0.1, 0.15) is 61.4 Å². The second-order valence-electron chi connectivity index (χ2n) is 10.4. The second-order valence-corrected chi connectivity index (χ2v) is 12.1. The van der Waals surface area contributed by atoms with Crippen LogP contribution in [0.15, 0.2) is 18.2 Å². The lowest BCUT2D eigenvalue weighted by atomic mass is 9.84. The van der Waals surface area contributed by atoms with Crippen LogP contribution >= 0.6 is 0 Å². The Kier molecular flexibility index (Phi) is 6.19. The maximum atomic E-state index is 13.1. The molecule has 0 bridgehead atoms. The summed E-state index contributed by atoms with van der Waals surface area (Å²) in [5.74, 6) is -0.277. The van der Waals surface area contributed by atoms with Gasteiger partial charge in [-0.15, -0.1) is 0 Å². The smallest absolute Gasteiger partial charge is 0.307 e. The van der Waals surface area contributed by atoms with Crippen molar-refractivity contribution >= 4 is 21.9 Å². The highest BCUT2D eigenvalue weighted by molar-refractivity contribution is 7.90. The fourth-order valence-electron chi connectivity index (χ4n) is 4.84. The number of carbonyl (C=O) groups is 1. The van der Waals surface area contributed by atoms with Crippen LogP contribution in [0.5, 0.6) is 5.75 Å². The first-order chi connectivity index (χ1) is 15.8. The van der Waals surface area contributed by atoms with Gasteiger partial charge in [-0.25, -0.2) is 0 Å². The number of aliphatic carboxylic acids is 1. The first-order valence-electron chi connectivity index (χ1n) is 11.7. The van der Waals surface area contributed by atoms with Crippen LogP contribution in [0.3, 0.4) is 0 Å². The van der Waals surface area contributed by atoms with Gasteiger partial charge in [0.15, 0.2) is 0 Å². The number of hydrogen-bond acceptors (Lipinski definition) is 4. The molecule has 0 aromatic heterocycles. The van der Waals surface area contributed by atoms with Crippen LogP contribution in [0.25, 0.3) is 11.1 Å². The van der Waals surface area contributed by atoms with Crippen LogP contribution in [0.4, 0.5) is 5.69 Å². The summed E-state index contributed by atoms with van der Waals surface area (Å²) in [6.45, 7) is 12.1. The van der Waals surface area contributed by atoms with E-state index in [9.17, 15) is 18.3 Å². The van der Waals surface area contributed by atoms with Crippen molar-refractivity contribution < 1.29 is 23.1 Å². The minimum atomic E-state index is -3.70. The first-order valence-corrected chi connectivity index (χ1v) is 13.2. The average Bonchev–Trinajstić information content (AvgIpc) is 3.52. The van der Waals surface area contributed by atoms with Crippen molar-refractivity contribution in [1.29, 1.82) is 0 Å². The molecule has 0 unspecified atom stereocenters. The molecule has 184 valence electrons. The Balaban J connectivity index is 1.97. The lowest BCUT2D eigenvalue weighted by Gasteiger charge is -2.27. The summed E-state index contributed by atoms with van der Waals surface area (Å²) in [4.78, 5) is 11.9. The fraction of sp³-hybridized carbons (Fsp3) is 0.500. The van der Waals surface area contributed by atoms with Crippen molar-refractivity contribution in [2.45, 2.75) is 78.9 Å². The second kappa shape index (κ2) is 8.57. The molecule has 7 nitrogen and oxygen atoms in total. The van der Waals surface area contributed by atoms with Crippen LogP contribution < -0.4 is 9.46 Å². The minimum Gasteiger partial charge on any atom is -0.488 e. The zero-order valence-corrected chi connectivity index (χ0v) is 21.6. The average molecular weight is 487 g/mol. The van der Waals surface area contributed by atoms with Gasteiger partial charge in [0.1, 0.15) is 11.4 Å². The van der Waals surface area contributed by atoms with E-state index in [1.807, 2.05) is 59.7 Å². The van der Waals surface area contributed by atoms with Gasteiger partial charge in [0, 0.05) is 18.2 Å². The molecule has 1 aliphatic heterocycles. The molecule has 0 atom stereocenters. The van der Waals surface area contributed by atoms with E-state index in [0.29, 0.717) is 35.5 Å². The van der Waals surface area contributed by atoms with Gasteiger partial charge in [-0.2, -0.15) is 12.7 Å². The molecular formula is C26H34N2O5S. The molecule has 1 aliphatic carbocycles. The lowest BCUT2D eigenvalue weighted by molar-refractivity contribution is -0.136. The van der Waals surface area contributed by atoms with Crippen molar-refractivity contribution in [3.8, 4) is 16.9 Å². The number of benzene rings is 2. The molecule has 0 spiro atoms. The highest BCUT2D eigenvalue weighted by Crippen LogP contribution is 2.44. The zero-order valence-electron chi connectivity index (χ0n) is 20.8. The molecule has 8 heteroatoms. The molecule has 0 amide bonds. The molecule has 4 rings (SSSR count). The van der Waals surface area contributed by atoms with Crippen molar-refractivity contribution in [1.82, 2.24) is 4.31 Å². The van der Waals surface area contributed by atoms with Crippen LogP contribution in [0.2, 0.25) is 0 Å². The Morgan fingerprint density at radius 1 is 1.18 bits per heavy atom. The summed E-state index contributed by atoms with van der Waals surface area (Å²) >= 11 is 0.